The Labute approximate surface area is 116 Å². The molecule has 1 aliphatic carbocycles. The first-order valence-corrected chi connectivity index (χ1v) is 7.59. The van der Waals surface area contributed by atoms with E-state index in [1.54, 1.807) is 0 Å². The summed E-state index contributed by atoms with van der Waals surface area (Å²) in [5, 5.41) is 10.5. The first-order chi connectivity index (χ1) is 9.20. The van der Waals surface area contributed by atoms with Crippen molar-refractivity contribution in [2.75, 3.05) is 0 Å². The van der Waals surface area contributed by atoms with E-state index in [2.05, 4.69) is 13.8 Å². The fourth-order valence-corrected chi connectivity index (χ4v) is 3.01. The topological polar surface area (TPSA) is 29.5 Å². The average Bonchev–Trinajstić information content (AvgIpc) is 2.45. The van der Waals surface area contributed by atoms with Gasteiger partial charge in [0.1, 0.15) is 6.10 Å². The zero-order valence-corrected chi connectivity index (χ0v) is 12.1. The van der Waals surface area contributed by atoms with Crippen LogP contribution in [0.5, 0.6) is 0 Å². The van der Waals surface area contributed by atoms with E-state index in [4.69, 9.17) is 4.74 Å². The van der Waals surface area contributed by atoms with E-state index in [0.29, 0.717) is 6.10 Å². The monoisotopic (exact) mass is 262 g/mol. The second-order valence-corrected chi connectivity index (χ2v) is 5.83. The van der Waals surface area contributed by atoms with E-state index >= 15 is 0 Å². The van der Waals surface area contributed by atoms with E-state index in [-0.39, 0.29) is 6.10 Å². The number of benzene rings is 1. The molecule has 1 aromatic rings. The Morgan fingerprint density at radius 1 is 1.26 bits per heavy atom. The molecule has 4 unspecified atom stereocenters. The summed E-state index contributed by atoms with van der Waals surface area (Å²) in [6.45, 7) is 4.38. The van der Waals surface area contributed by atoms with Crippen molar-refractivity contribution in [1.82, 2.24) is 0 Å². The van der Waals surface area contributed by atoms with E-state index in [1.807, 2.05) is 30.3 Å². The van der Waals surface area contributed by atoms with E-state index in [1.165, 1.54) is 12.8 Å². The second kappa shape index (κ2) is 7.06. The van der Waals surface area contributed by atoms with Gasteiger partial charge >= 0.3 is 0 Å². The van der Waals surface area contributed by atoms with Gasteiger partial charge in [-0.05, 0) is 30.7 Å². The molecule has 0 aromatic heterocycles. The Morgan fingerprint density at radius 3 is 2.63 bits per heavy atom. The molecule has 4 atom stereocenters. The predicted octanol–water partition coefficient (Wildman–Crippen LogP) is 4.09. The van der Waals surface area contributed by atoms with Crippen LogP contribution in [0.3, 0.4) is 0 Å². The number of ether oxygens (including phenoxy) is 1. The predicted molar refractivity (Wildman–Crippen MR) is 78.0 cm³/mol. The third kappa shape index (κ3) is 4.05. The SMILES string of the molecule is CCC(OC1CCCC(C)C1)C(O)c1ccccc1. The van der Waals surface area contributed by atoms with Crippen LogP contribution in [0.15, 0.2) is 30.3 Å². The number of hydrogen-bond donors (Lipinski definition) is 1. The fourth-order valence-electron chi connectivity index (χ4n) is 3.01. The number of hydrogen-bond acceptors (Lipinski definition) is 2. The van der Waals surface area contributed by atoms with Crippen LogP contribution in [-0.4, -0.2) is 17.3 Å². The molecule has 0 saturated heterocycles. The standard InChI is InChI=1S/C17H26O2/c1-3-16(17(18)14-9-5-4-6-10-14)19-15-11-7-8-13(2)12-15/h4-6,9-10,13,15-18H,3,7-8,11-12H2,1-2H3. The molecule has 1 aromatic carbocycles. The van der Waals surface area contributed by atoms with Crippen molar-refractivity contribution in [2.24, 2.45) is 5.92 Å². The van der Waals surface area contributed by atoms with Crippen LogP contribution in [0.1, 0.15) is 57.6 Å². The van der Waals surface area contributed by atoms with E-state index in [9.17, 15) is 5.11 Å². The average molecular weight is 262 g/mol. The summed E-state index contributed by atoms with van der Waals surface area (Å²) in [6, 6.07) is 9.85. The molecule has 1 aliphatic rings. The maximum atomic E-state index is 10.5. The molecular weight excluding hydrogens is 236 g/mol. The largest absolute Gasteiger partial charge is 0.386 e. The van der Waals surface area contributed by atoms with Crippen molar-refractivity contribution < 1.29 is 9.84 Å². The van der Waals surface area contributed by atoms with Gasteiger partial charge in [0.15, 0.2) is 0 Å². The van der Waals surface area contributed by atoms with Crippen molar-refractivity contribution in [3.63, 3.8) is 0 Å². The Morgan fingerprint density at radius 2 is 2.00 bits per heavy atom. The van der Waals surface area contributed by atoms with Gasteiger partial charge in [0.2, 0.25) is 0 Å². The molecule has 0 amide bonds. The van der Waals surface area contributed by atoms with Gasteiger partial charge in [-0.15, -0.1) is 0 Å². The van der Waals surface area contributed by atoms with Crippen LogP contribution >= 0.6 is 0 Å². The summed E-state index contributed by atoms with van der Waals surface area (Å²) < 4.78 is 6.18. The second-order valence-electron chi connectivity index (χ2n) is 5.83. The molecule has 2 nitrogen and oxygen atoms in total. The third-order valence-corrected chi connectivity index (χ3v) is 4.15. The van der Waals surface area contributed by atoms with Gasteiger partial charge in [-0.25, -0.2) is 0 Å². The Bertz CT molecular complexity index is 363. The molecule has 0 aliphatic heterocycles. The summed E-state index contributed by atoms with van der Waals surface area (Å²) in [4.78, 5) is 0. The minimum absolute atomic E-state index is 0.0855. The fraction of sp³-hybridized carbons (Fsp3) is 0.647. The molecule has 1 saturated carbocycles. The molecule has 2 rings (SSSR count). The van der Waals surface area contributed by atoms with Gasteiger partial charge in [-0.3, -0.25) is 0 Å². The van der Waals surface area contributed by atoms with Crippen molar-refractivity contribution in [2.45, 2.75) is 64.3 Å². The molecule has 19 heavy (non-hydrogen) atoms. The molecule has 1 N–H and O–H groups in total. The highest BCUT2D eigenvalue weighted by Gasteiger charge is 2.26. The highest BCUT2D eigenvalue weighted by molar-refractivity contribution is 5.18. The quantitative estimate of drug-likeness (QED) is 0.866. The van der Waals surface area contributed by atoms with Crippen LogP contribution in [0.2, 0.25) is 0 Å². The lowest BCUT2D eigenvalue weighted by Gasteiger charge is -2.32. The molecule has 106 valence electrons. The van der Waals surface area contributed by atoms with Gasteiger partial charge in [0.05, 0.1) is 12.2 Å². The first kappa shape index (κ1) is 14.5. The highest BCUT2D eigenvalue weighted by Crippen LogP contribution is 2.30. The number of aliphatic hydroxyl groups excluding tert-OH is 1. The summed E-state index contributed by atoms with van der Waals surface area (Å²) >= 11 is 0. The van der Waals surface area contributed by atoms with E-state index in [0.717, 1.165) is 30.7 Å². The normalized spacial score (nSPS) is 26.9. The maximum absolute atomic E-state index is 10.5. The van der Waals surface area contributed by atoms with E-state index < -0.39 is 6.10 Å². The minimum atomic E-state index is -0.511. The lowest BCUT2D eigenvalue weighted by Crippen LogP contribution is -2.30. The van der Waals surface area contributed by atoms with Crippen LogP contribution < -0.4 is 0 Å². The summed E-state index contributed by atoms with van der Waals surface area (Å²) in [7, 11) is 0. The molecule has 1 fully saturated rings. The number of rotatable bonds is 5. The summed E-state index contributed by atoms with van der Waals surface area (Å²) in [6.07, 6.45) is 5.43. The molecule has 2 heteroatoms. The zero-order valence-electron chi connectivity index (χ0n) is 12.1. The Balaban J connectivity index is 1.96. The Hall–Kier alpha value is -0.860. The molecule has 0 bridgehead atoms. The molecular formula is C17H26O2. The highest BCUT2D eigenvalue weighted by atomic mass is 16.5. The minimum Gasteiger partial charge on any atom is -0.386 e. The van der Waals surface area contributed by atoms with Crippen molar-refractivity contribution in [3.05, 3.63) is 35.9 Å². The molecule has 0 radical (unpaired) electrons. The Kier molecular flexibility index (Phi) is 5.41. The van der Waals surface area contributed by atoms with Gasteiger partial charge in [-0.1, -0.05) is 57.0 Å². The van der Waals surface area contributed by atoms with Gasteiger partial charge in [0, 0.05) is 0 Å². The maximum Gasteiger partial charge on any atom is 0.105 e. The van der Waals surface area contributed by atoms with Crippen molar-refractivity contribution in [3.8, 4) is 0 Å². The van der Waals surface area contributed by atoms with Gasteiger partial charge in [-0.2, -0.15) is 0 Å². The smallest absolute Gasteiger partial charge is 0.105 e. The molecule has 0 spiro atoms. The lowest BCUT2D eigenvalue weighted by atomic mass is 9.88. The van der Waals surface area contributed by atoms with Crippen LogP contribution in [0, 0.1) is 5.92 Å². The van der Waals surface area contributed by atoms with Crippen molar-refractivity contribution in [1.29, 1.82) is 0 Å². The molecule has 0 heterocycles. The lowest BCUT2D eigenvalue weighted by molar-refractivity contribution is -0.0949. The van der Waals surface area contributed by atoms with Gasteiger partial charge < -0.3 is 9.84 Å². The van der Waals surface area contributed by atoms with Crippen LogP contribution in [0.4, 0.5) is 0 Å². The zero-order chi connectivity index (χ0) is 13.7. The van der Waals surface area contributed by atoms with Gasteiger partial charge in [0.25, 0.3) is 0 Å². The summed E-state index contributed by atoms with van der Waals surface area (Å²) in [5.41, 5.74) is 0.957. The van der Waals surface area contributed by atoms with Crippen molar-refractivity contribution >= 4 is 0 Å². The van der Waals surface area contributed by atoms with Crippen LogP contribution in [0.25, 0.3) is 0 Å². The first-order valence-electron chi connectivity index (χ1n) is 7.59. The third-order valence-electron chi connectivity index (χ3n) is 4.15. The van der Waals surface area contributed by atoms with Crippen LogP contribution in [-0.2, 0) is 4.74 Å². The number of aliphatic hydroxyl groups is 1. The summed E-state index contributed by atoms with van der Waals surface area (Å²) in [5.74, 6) is 0.755.